The summed E-state index contributed by atoms with van der Waals surface area (Å²) in [5, 5.41) is 7.40. The molecular weight excluding hydrogens is 380 g/mol. The third-order valence-electron chi connectivity index (χ3n) is 3.52. The van der Waals surface area contributed by atoms with Crippen LogP contribution < -0.4 is 10.9 Å². The van der Waals surface area contributed by atoms with Gasteiger partial charge in [-0.05, 0) is 42.0 Å². The summed E-state index contributed by atoms with van der Waals surface area (Å²) in [5.74, 6) is -0.914. The molecule has 0 saturated heterocycles. The maximum absolute atomic E-state index is 13.0. The van der Waals surface area contributed by atoms with E-state index in [2.05, 4.69) is 10.4 Å². The quantitative estimate of drug-likeness (QED) is 0.731. The van der Waals surface area contributed by atoms with Gasteiger partial charge in [0.2, 0.25) is 0 Å². The number of amides is 1. The first-order valence-corrected chi connectivity index (χ1v) is 8.27. The fraction of sp³-hybridized carbons (Fsp3) is 0.0556. The number of anilines is 1. The van der Waals surface area contributed by atoms with Crippen LogP contribution in [0, 0.1) is 5.82 Å². The highest BCUT2D eigenvalue weighted by atomic mass is 35.5. The lowest BCUT2D eigenvalue weighted by Crippen LogP contribution is -2.26. The monoisotopic (exact) mass is 391 g/mol. The number of aromatic nitrogens is 2. The highest BCUT2D eigenvalue weighted by molar-refractivity contribution is 6.35. The van der Waals surface area contributed by atoms with E-state index in [1.54, 1.807) is 24.3 Å². The van der Waals surface area contributed by atoms with Crippen molar-refractivity contribution in [3.05, 3.63) is 92.1 Å². The third kappa shape index (κ3) is 4.28. The Morgan fingerprint density at radius 3 is 2.54 bits per heavy atom. The molecule has 0 bridgehead atoms. The molecule has 3 rings (SSSR count). The highest BCUT2D eigenvalue weighted by Crippen LogP contribution is 2.25. The Kier molecular flexibility index (Phi) is 5.35. The first kappa shape index (κ1) is 18.1. The molecule has 1 aromatic heterocycles. The summed E-state index contributed by atoms with van der Waals surface area (Å²) in [6, 6.07) is 12.9. The molecule has 2 aromatic carbocycles. The number of carbonyl (C=O) groups is 1. The molecule has 1 amide bonds. The number of hydrogen-bond donors (Lipinski definition) is 1. The van der Waals surface area contributed by atoms with E-state index >= 15 is 0 Å². The van der Waals surface area contributed by atoms with Gasteiger partial charge in [-0.2, -0.15) is 5.10 Å². The SMILES string of the molecule is O=C(Nc1cc(Cl)ccc1Cl)c1ccc(=O)n(Cc2ccc(F)cc2)n1. The van der Waals surface area contributed by atoms with Crippen LogP contribution in [0.1, 0.15) is 16.1 Å². The molecule has 0 radical (unpaired) electrons. The molecular formula is C18H12Cl2FN3O2. The van der Waals surface area contributed by atoms with E-state index in [4.69, 9.17) is 23.2 Å². The lowest BCUT2D eigenvalue weighted by Gasteiger charge is -2.09. The topological polar surface area (TPSA) is 64.0 Å². The molecule has 8 heteroatoms. The van der Waals surface area contributed by atoms with E-state index in [1.807, 2.05) is 0 Å². The van der Waals surface area contributed by atoms with Crippen molar-refractivity contribution >= 4 is 34.8 Å². The predicted octanol–water partition coefficient (Wildman–Crippen LogP) is 3.99. The Morgan fingerprint density at radius 1 is 1.08 bits per heavy atom. The Bertz CT molecular complexity index is 1020. The molecule has 5 nitrogen and oxygen atoms in total. The molecule has 0 unspecified atom stereocenters. The molecule has 0 aliphatic rings. The zero-order chi connectivity index (χ0) is 18.7. The lowest BCUT2D eigenvalue weighted by molar-refractivity contribution is 0.102. The molecule has 26 heavy (non-hydrogen) atoms. The van der Waals surface area contributed by atoms with Gasteiger partial charge in [0.15, 0.2) is 0 Å². The van der Waals surface area contributed by atoms with Gasteiger partial charge in [-0.1, -0.05) is 35.3 Å². The van der Waals surface area contributed by atoms with Gasteiger partial charge in [-0.15, -0.1) is 0 Å². The van der Waals surface area contributed by atoms with Crippen LogP contribution in [0.3, 0.4) is 0 Å². The number of rotatable bonds is 4. The van der Waals surface area contributed by atoms with Gasteiger partial charge in [0, 0.05) is 11.1 Å². The second kappa shape index (κ2) is 7.68. The van der Waals surface area contributed by atoms with E-state index < -0.39 is 5.91 Å². The molecule has 1 N–H and O–H groups in total. The third-order valence-corrected chi connectivity index (χ3v) is 4.09. The second-order valence-corrected chi connectivity index (χ2v) is 6.26. The number of benzene rings is 2. The Balaban J connectivity index is 1.84. The van der Waals surface area contributed by atoms with Gasteiger partial charge in [-0.25, -0.2) is 9.07 Å². The smallest absolute Gasteiger partial charge is 0.276 e. The van der Waals surface area contributed by atoms with E-state index in [1.165, 1.54) is 30.3 Å². The first-order valence-electron chi connectivity index (χ1n) is 7.51. The molecule has 1 heterocycles. The maximum Gasteiger partial charge on any atom is 0.276 e. The zero-order valence-electron chi connectivity index (χ0n) is 13.2. The average molecular weight is 392 g/mol. The molecule has 0 saturated carbocycles. The van der Waals surface area contributed by atoms with Crippen molar-refractivity contribution in [2.75, 3.05) is 5.32 Å². The van der Waals surface area contributed by atoms with Gasteiger partial charge >= 0.3 is 0 Å². The van der Waals surface area contributed by atoms with Crippen LogP contribution in [0.4, 0.5) is 10.1 Å². The van der Waals surface area contributed by atoms with Crippen molar-refractivity contribution in [2.24, 2.45) is 0 Å². The minimum absolute atomic E-state index is 0.0303. The summed E-state index contributed by atoms with van der Waals surface area (Å²) < 4.78 is 14.1. The molecule has 0 fully saturated rings. The van der Waals surface area contributed by atoms with Crippen molar-refractivity contribution in [1.29, 1.82) is 0 Å². The van der Waals surface area contributed by atoms with E-state index in [-0.39, 0.29) is 23.6 Å². The summed E-state index contributed by atoms with van der Waals surface area (Å²) in [6.07, 6.45) is 0. The number of hydrogen-bond acceptors (Lipinski definition) is 3. The fourth-order valence-electron chi connectivity index (χ4n) is 2.23. The van der Waals surface area contributed by atoms with Gasteiger partial charge in [0.25, 0.3) is 11.5 Å². The lowest BCUT2D eigenvalue weighted by atomic mass is 10.2. The number of nitrogens with one attached hydrogen (secondary N) is 1. The number of halogens is 3. The van der Waals surface area contributed by atoms with Gasteiger partial charge in [0.05, 0.1) is 17.3 Å². The van der Waals surface area contributed by atoms with Gasteiger partial charge in [0.1, 0.15) is 11.5 Å². The first-order chi connectivity index (χ1) is 12.4. The molecule has 3 aromatic rings. The van der Waals surface area contributed by atoms with Crippen LogP contribution in [0.5, 0.6) is 0 Å². The van der Waals surface area contributed by atoms with Crippen molar-refractivity contribution in [3.63, 3.8) is 0 Å². The average Bonchev–Trinajstić information content (AvgIpc) is 2.62. The van der Waals surface area contributed by atoms with Crippen molar-refractivity contribution in [1.82, 2.24) is 9.78 Å². The van der Waals surface area contributed by atoms with Crippen molar-refractivity contribution in [2.45, 2.75) is 6.54 Å². The van der Waals surface area contributed by atoms with Gasteiger partial charge in [-0.3, -0.25) is 9.59 Å². The Morgan fingerprint density at radius 2 is 1.81 bits per heavy atom. The van der Waals surface area contributed by atoms with Crippen LogP contribution in [-0.4, -0.2) is 15.7 Å². The van der Waals surface area contributed by atoms with E-state index in [0.29, 0.717) is 21.3 Å². The predicted molar refractivity (Wildman–Crippen MR) is 98.4 cm³/mol. The second-order valence-electron chi connectivity index (χ2n) is 5.42. The largest absolute Gasteiger partial charge is 0.319 e. The number of carbonyl (C=O) groups excluding carboxylic acids is 1. The minimum Gasteiger partial charge on any atom is -0.319 e. The Hall–Kier alpha value is -2.70. The van der Waals surface area contributed by atoms with Crippen LogP contribution in [0.25, 0.3) is 0 Å². The summed E-state index contributed by atoms with van der Waals surface area (Å²) >= 11 is 11.9. The maximum atomic E-state index is 13.0. The number of nitrogens with zero attached hydrogens (tertiary/aromatic N) is 2. The summed E-state index contributed by atoms with van der Waals surface area (Å²) in [6.45, 7) is 0.109. The Labute approximate surface area is 158 Å². The summed E-state index contributed by atoms with van der Waals surface area (Å²) in [5.41, 5.74) is 0.660. The van der Waals surface area contributed by atoms with Gasteiger partial charge < -0.3 is 5.32 Å². The normalized spacial score (nSPS) is 10.6. The minimum atomic E-state index is -0.540. The van der Waals surface area contributed by atoms with Crippen LogP contribution in [0.2, 0.25) is 10.0 Å². The highest BCUT2D eigenvalue weighted by Gasteiger charge is 2.12. The van der Waals surface area contributed by atoms with Crippen LogP contribution in [0.15, 0.2) is 59.4 Å². The molecule has 0 aliphatic carbocycles. The van der Waals surface area contributed by atoms with Crippen LogP contribution >= 0.6 is 23.2 Å². The van der Waals surface area contributed by atoms with E-state index in [0.717, 1.165) is 4.68 Å². The van der Waals surface area contributed by atoms with Crippen molar-refractivity contribution < 1.29 is 9.18 Å². The zero-order valence-corrected chi connectivity index (χ0v) is 14.8. The standard InChI is InChI=1S/C18H12Cl2FN3O2/c19-12-3-6-14(20)16(9-12)22-18(26)15-7-8-17(25)24(23-15)10-11-1-4-13(21)5-2-11/h1-9H,10H2,(H,22,26). The van der Waals surface area contributed by atoms with E-state index in [9.17, 15) is 14.0 Å². The summed E-state index contributed by atoms with van der Waals surface area (Å²) in [4.78, 5) is 24.4. The summed E-state index contributed by atoms with van der Waals surface area (Å²) in [7, 11) is 0. The van der Waals surface area contributed by atoms with Crippen molar-refractivity contribution in [3.8, 4) is 0 Å². The molecule has 0 atom stereocenters. The van der Waals surface area contributed by atoms with Crippen LogP contribution in [-0.2, 0) is 6.54 Å². The molecule has 0 spiro atoms. The molecule has 0 aliphatic heterocycles. The fourth-order valence-corrected chi connectivity index (χ4v) is 2.56. The molecule has 132 valence electrons.